The first-order valence-electron chi connectivity index (χ1n) is 5.26. The number of rotatable bonds is 2. The summed E-state index contributed by atoms with van der Waals surface area (Å²) in [7, 11) is -3.40. The lowest BCUT2D eigenvalue weighted by molar-refractivity contribution is 0.284. The maximum atomic E-state index is 12.3. The number of hydrogen-bond donors (Lipinski definition) is 2. The molecule has 6 nitrogen and oxygen atoms in total. The van der Waals surface area contributed by atoms with E-state index >= 15 is 0 Å². The van der Waals surface area contributed by atoms with E-state index in [-0.39, 0.29) is 10.9 Å². The molecule has 7 heteroatoms. The first-order chi connectivity index (χ1) is 7.53. The van der Waals surface area contributed by atoms with Crippen molar-refractivity contribution in [1.82, 2.24) is 19.8 Å². The summed E-state index contributed by atoms with van der Waals surface area (Å²) in [5.41, 5.74) is 0.589. The van der Waals surface area contributed by atoms with Crippen molar-refractivity contribution in [2.75, 3.05) is 19.6 Å². The van der Waals surface area contributed by atoms with E-state index in [1.807, 2.05) is 6.92 Å². The van der Waals surface area contributed by atoms with Crippen LogP contribution in [0.3, 0.4) is 0 Å². The Morgan fingerprint density at radius 3 is 2.88 bits per heavy atom. The molecule has 1 fully saturated rings. The van der Waals surface area contributed by atoms with Gasteiger partial charge in [-0.1, -0.05) is 0 Å². The van der Waals surface area contributed by atoms with Gasteiger partial charge in [-0.2, -0.15) is 9.40 Å². The lowest BCUT2D eigenvalue weighted by Gasteiger charge is -2.32. The smallest absolute Gasteiger partial charge is 0.246 e. The normalized spacial score (nSPS) is 23.5. The third-order valence-electron chi connectivity index (χ3n) is 2.81. The zero-order chi connectivity index (χ0) is 11.8. The van der Waals surface area contributed by atoms with Gasteiger partial charge in [-0.25, -0.2) is 8.42 Å². The molecular formula is C9H16N4O2S. The number of piperazine rings is 1. The molecule has 2 N–H and O–H groups in total. The second kappa shape index (κ2) is 4.15. The maximum Gasteiger partial charge on any atom is 0.246 e. The van der Waals surface area contributed by atoms with Crippen LogP contribution in [0.15, 0.2) is 11.1 Å². The number of H-pyrrole nitrogens is 1. The van der Waals surface area contributed by atoms with Crippen LogP contribution in [0.4, 0.5) is 0 Å². The number of sulfonamides is 1. The number of nitrogens with one attached hydrogen (secondary N) is 2. The summed E-state index contributed by atoms with van der Waals surface area (Å²) in [6.07, 6.45) is 1.37. The Labute approximate surface area is 95.1 Å². The lowest BCUT2D eigenvalue weighted by atomic mass is 10.3. The standard InChI is InChI=1S/C9H16N4O2S/c1-7-5-10-3-4-13(7)16(14,15)9-6-11-12-8(9)2/h6-7,10H,3-5H2,1-2H3,(H,11,12)/t7-/m0/s1. The van der Waals surface area contributed by atoms with E-state index in [9.17, 15) is 8.42 Å². The molecule has 0 amide bonds. The van der Waals surface area contributed by atoms with Gasteiger partial charge >= 0.3 is 0 Å². The van der Waals surface area contributed by atoms with Crippen LogP contribution < -0.4 is 5.32 Å². The third kappa shape index (κ3) is 1.85. The van der Waals surface area contributed by atoms with Crippen molar-refractivity contribution < 1.29 is 8.42 Å². The number of aryl methyl sites for hydroxylation is 1. The van der Waals surface area contributed by atoms with Crippen LogP contribution in [-0.4, -0.2) is 48.6 Å². The van der Waals surface area contributed by atoms with E-state index < -0.39 is 10.0 Å². The summed E-state index contributed by atoms with van der Waals surface area (Å²) >= 11 is 0. The monoisotopic (exact) mass is 244 g/mol. The number of nitrogens with zero attached hydrogens (tertiary/aromatic N) is 2. The summed E-state index contributed by atoms with van der Waals surface area (Å²) in [5, 5.41) is 9.59. The highest BCUT2D eigenvalue weighted by atomic mass is 32.2. The Morgan fingerprint density at radius 1 is 1.56 bits per heavy atom. The molecule has 1 atom stereocenters. The van der Waals surface area contributed by atoms with Gasteiger partial charge < -0.3 is 5.32 Å². The van der Waals surface area contributed by atoms with Gasteiger partial charge in [0.15, 0.2) is 0 Å². The fourth-order valence-corrected chi connectivity index (χ4v) is 3.66. The van der Waals surface area contributed by atoms with Gasteiger partial charge in [-0.15, -0.1) is 0 Å². The van der Waals surface area contributed by atoms with Crippen LogP contribution in [0.5, 0.6) is 0 Å². The average molecular weight is 244 g/mol. The first-order valence-corrected chi connectivity index (χ1v) is 6.70. The van der Waals surface area contributed by atoms with Gasteiger partial charge in [-0.05, 0) is 13.8 Å². The Morgan fingerprint density at radius 2 is 2.31 bits per heavy atom. The summed E-state index contributed by atoms with van der Waals surface area (Å²) in [6.45, 7) is 5.51. The predicted molar refractivity (Wildman–Crippen MR) is 59.5 cm³/mol. The number of aromatic nitrogens is 2. The van der Waals surface area contributed by atoms with E-state index in [0.29, 0.717) is 25.3 Å². The van der Waals surface area contributed by atoms with Gasteiger partial charge in [-0.3, -0.25) is 5.10 Å². The molecule has 0 bridgehead atoms. The molecule has 1 aliphatic rings. The number of aromatic amines is 1. The van der Waals surface area contributed by atoms with Crippen LogP contribution in [0.25, 0.3) is 0 Å². The lowest BCUT2D eigenvalue weighted by Crippen LogP contribution is -2.52. The Hall–Kier alpha value is -0.920. The molecule has 0 spiro atoms. The molecule has 90 valence electrons. The summed E-state index contributed by atoms with van der Waals surface area (Å²) in [4.78, 5) is 0.279. The second-order valence-electron chi connectivity index (χ2n) is 4.03. The van der Waals surface area contributed by atoms with Gasteiger partial charge in [0.05, 0.1) is 11.9 Å². The minimum atomic E-state index is -3.40. The fourth-order valence-electron chi connectivity index (χ4n) is 1.91. The zero-order valence-corrected chi connectivity index (χ0v) is 10.2. The van der Waals surface area contributed by atoms with E-state index in [1.54, 1.807) is 6.92 Å². The minimum absolute atomic E-state index is 0.0203. The Balaban J connectivity index is 2.35. The molecule has 1 aromatic rings. The zero-order valence-electron chi connectivity index (χ0n) is 9.40. The van der Waals surface area contributed by atoms with E-state index in [4.69, 9.17) is 0 Å². The molecule has 0 saturated carbocycles. The van der Waals surface area contributed by atoms with Crippen molar-refractivity contribution in [3.63, 3.8) is 0 Å². The molecule has 0 aliphatic carbocycles. The second-order valence-corrected chi connectivity index (χ2v) is 5.89. The Bertz CT molecular complexity index is 468. The summed E-state index contributed by atoms with van der Waals surface area (Å²) in [5.74, 6) is 0. The predicted octanol–water partition coefficient (Wildman–Crippen LogP) is -0.299. The maximum absolute atomic E-state index is 12.3. The third-order valence-corrected chi connectivity index (χ3v) is 4.94. The first kappa shape index (κ1) is 11.6. The van der Waals surface area contributed by atoms with E-state index in [0.717, 1.165) is 0 Å². The molecule has 1 aliphatic heterocycles. The van der Waals surface area contributed by atoms with Gasteiger partial charge in [0.2, 0.25) is 10.0 Å². The molecule has 0 unspecified atom stereocenters. The van der Waals surface area contributed by atoms with Crippen molar-refractivity contribution in [3.05, 3.63) is 11.9 Å². The summed E-state index contributed by atoms with van der Waals surface area (Å²) in [6, 6.07) is -0.0203. The van der Waals surface area contributed by atoms with Gasteiger partial charge in [0.25, 0.3) is 0 Å². The molecule has 2 rings (SSSR count). The van der Waals surface area contributed by atoms with Crippen molar-refractivity contribution in [2.45, 2.75) is 24.8 Å². The van der Waals surface area contributed by atoms with Crippen LogP contribution in [0, 0.1) is 6.92 Å². The van der Waals surface area contributed by atoms with Gasteiger partial charge in [0.1, 0.15) is 4.90 Å². The van der Waals surface area contributed by atoms with Crippen LogP contribution in [-0.2, 0) is 10.0 Å². The molecule has 2 heterocycles. The van der Waals surface area contributed by atoms with Crippen molar-refractivity contribution in [2.24, 2.45) is 0 Å². The molecule has 1 saturated heterocycles. The SMILES string of the molecule is Cc1[nH]ncc1S(=O)(=O)N1CCNC[C@@H]1C. The van der Waals surface area contributed by atoms with Crippen molar-refractivity contribution in [1.29, 1.82) is 0 Å². The molecule has 16 heavy (non-hydrogen) atoms. The average Bonchev–Trinajstić information content (AvgIpc) is 2.65. The summed E-state index contributed by atoms with van der Waals surface area (Å²) < 4.78 is 26.2. The minimum Gasteiger partial charge on any atom is -0.314 e. The van der Waals surface area contributed by atoms with Crippen molar-refractivity contribution >= 4 is 10.0 Å². The number of hydrogen-bond acceptors (Lipinski definition) is 4. The molecular weight excluding hydrogens is 228 g/mol. The molecule has 0 radical (unpaired) electrons. The quantitative estimate of drug-likeness (QED) is 0.749. The highest BCUT2D eigenvalue weighted by molar-refractivity contribution is 7.89. The largest absolute Gasteiger partial charge is 0.314 e. The van der Waals surface area contributed by atoms with Crippen molar-refractivity contribution in [3.8, 4) is 0 Å². The topological polar surface area (TPSA) is 78.1 Å². The van der Waals surface area contributed by atoms with Crippen LogP contribution in [0.2, 0.25) is 0 Å². The van der Waals surface area contributed by atoms with Crippen LogP contribution in [0.1, 0.15) is 12.6 Å². The van der Waals surface area contributed by atoms with E-state index in [1.165, 1.54) is 10.5 Å². The highest BCUT2D eigenvalue weighted by Crippen LogP contribution is 2.20. The van der Waals surface area contributed by atoms with Crippen LogP contribution >= 0.6 is 0 Å². The van der Waals surface area contributed by atoms with E-state index in [2.05, 4.69) is 15.5 Å². The fraction of sp³-hybridized carbons (Fsp3) is 0.667. The molecule has 0 aromatic carbocycles. The highest BCUT2D eigenvalue weighted by Gasteiger charge is 2.32. The van der Waals surface area contributed by atoms with Gasteiger partial charge in [0, 0.05) is 25.7 Å². The Kier molecular flexibility index (Phi) is 3.00. The molecule has 1 aromatic heterocycles.